The summed E-state index contributed by atoms with van der Waals surface area (Å²) < 4.78 is 0. The van der Waals surface area contributed by atoms with Gasteiger partial charge in [-0.15, -0.1) is 0 Å². The van der Waals surface area contributed by atoms with Crippen molar-refractivity contribution in [3.63, 3.8) is 0 Å². The molecular formula is C10H24N2. The van der Waals surface area contributed by atoms with Crippen LogP contribution in [0.2, 0.25) is 0 Å². The van der Waals surface area contributed by atoms with Gasteiger partial charge in [-0.2, -0.15) is 0 Å². The molecule has 0 saturated heterocycles. The van der Waals surface area contributed by atoms with E-state index < -0.39 is 0 Å². The van der Waals surface area contributed by atoms with E-state index in [4.69, 9.17) is 0 Å². The van der Waals surface area contributed by atoms with Crippen molar-refractivity contribution in [2.45, 2.75) is 46.1 Å². The van der Waals surface area contributed by atoms with E-state index in [1.165, 1.54) is 12.8 Å². The molecule has 0 aromatic carbocycles. The molecule has 0 fully saturated rings. The number of rotatable bonds is 7. The lowest BCUT2D eigenvalue weighted by molar-refractivity contribution is 0.373. The van der Waals surface area contributed by atoms with Crippen LogP contribution >= 0.6 is 0 Å². The Labute approximate surface area is 77.1 Å². The summed E-state index contributed by atoms with van der Waals surface area (Å²) in [7, 11) is 0. The number of hydrogen-bond donors (Lipinski definition) is 2. The highest BCUT2D eigenvalue weighted by molar-refractivity contribution is 4.74. The maximum atomic E-state index is 3.53. The standard InChI is InChI=1S/C10H24N2/c1-5-10(3,4)12-9-7-8-11-6-2/h11-12H,5-9H2,1-4H3. The fourth-order valence-corrected chi connectivity index (χ4v) is 0.942. The molecular weight excluding hydrogens is 148 g/mol. The Kier molecular flexibility index (Phi) is 6.39. The van der Waals surface area contributed by atoms with Gasteiger partial charge < -0.3 is 10.6 Å². The zero-order valence-electron chi connectivity index (χ0n) is 9.04. The van der Waals surface area contributed by atoms with Gasteiger partial charge in [-0.3, -0.25) is 0 Å². The molecule has 2 N–H and O–H groups in total. The minimum absolute atomic E-state index is 0.312. The zero-order chi connectivity index (χ0) is 9.45. The lowest BCUT2D eigenvalue weighted by atomic mass is 10.0. The van der Waals surface area contributed by atoms with E-state index in [0.29, 0.717) is 5.54 Å². The van der Waals surface area contributed by atoms with Crippen molar-refractivity contribution in [2.75, 3.05) is 19.6 Å². The molecule has 0 saturated carbocycles. The summed E-state index contributed by atoms with van der Waals surface area (Å²) in [5, 5.41) is 6.84. The second kappa shape index (κ2) is 6.44. The molecule has 0 aliphatic heterocycles. The molecule has 2 heteroatoms. The minimum Gasteiger partial charge on any atom is -0.317 e. The van der Waals surface area contributed by atoms with E-state index in [-0.39, 0.29) is 0 Å². The van der Waals surface area contributed by atoms with Crippen molar-refractivity contribution < 1.29 is 0 Å². The van der Waals surface area contributed by atoms with Crippen LogP contribution in [-0.2, 0) is 0 Å². The summed E-state index contributed by atoms with van der Waals surface area (Å²) in [6.07, 6.45) is 2.41. The van der Waals surface area contributed by atoms with E-state index in [9.17, 15) is 0 Å². The van der Waals surface area contributed by atoms with E-state index in [0.717, 1.165) is 19.6 Å². The van der Waals surface area contributed by atoms with Crippen LogP contribution in [0.25, 0.3) is 0 Å². The molecule has 0 bridgehead atoms. The Morgan fingerprint density at radius 3 is 2.25 bits per heavy atom. The van der Waals surface area contributed by atoms with Crippen molar-refractivity contribution in [2.24, 2.45) is 0 Å². The van der Waals surface area contributed by atoms with Gasteiger partial charge in [0.1, 0.15) is 0 Å². The van der Waals surface area contributed by atoms with Gasteiger partial charge in [0.2, 0.25) is 0 Å². The summed E-state index contributed by atoms with van der Waals surface area (Å²) in [6.45, 7) is 12.2. The van der Waals surface area contributed by atoms with Crippen LogP contribution in [0.5, 0.6) is 0 Å². The first kappa shape index (κ1) is 11.9. The smallest absolute Gasteiger partial charge is 0.0122 e. The Bertz CT molecular complexity index is 100. The Hall–Kier alpha value is -0.0800. The molecule has 0 rings (SSSR count). The van der Waals surface area contributed by atoms with Crippen molar-refractivity contribution in [3.05, 3.63) is 0 Å². The predicted molar refractivity (Wildman–Crippen MR) is 55.5 cm³/mol. The fraction of sp³-hybridized carbons (Fsp3) is 1.00. The van der Waals surface area contributed by atoms with Gasteiger partial charge in [0.25, 0.3) is 0 Å². The topological polar surface area (TPSA) is 24.1 Å². The Morgan fingerprint density at radius 1 is 1.08 bits per heavy atom. The first-order chi connectivity index (χ1) is 5.62. The molecule has 0 amide bonds. The highest BCUT2D eigenvalue weighted by Crippen LogP contribution is 2.05. The third kappa shape index (κ3) is 6.62. The summed E-state index contributed by atoms with van der Waals surface area (Å²) in [5.41, 5.74) is 0.312. The summed E-state index contributed by atoms with van der Waals surface area (Å²) in [4.78, 5) is 0. The average Bonchev–Trinajstić information content (AvgIpc) is 2.04. The summed E-state index contributed by atoms with van der Waals surface area (Å²) in [6, 6.07) is 0. The van der Waals surface area contributed by atoms with Gasteiger partial charge in [-0.25, -0.2) is 0 Å². The van der Waals surface area contributed by atoms with Crippen LogP contribution in [-0.4, -0.2) is 25.2 Å². The van der Waals surface area contributed by atoms with Crippen molar-refractivity contribution in [3.8, 4) is 0 Å². The van der Waals surface area contributed by atoms with E-state index in [1.807, 2.05) is 0 Å². The van der Waals surface area contributed by atoms with Crippen LogP contribution in [0.15, 0.2) is 0 Å². The van der Waals surface area contributed by atoms with Gasteiger partial charge in [-0.05, 0) is 46.3 Å². The monoisotopic (exact) mass is 172 g/mol. The molecule has 0 aromatic rings. The third-order valence-corrected chi connectivity index (χ3v) is 2.27. The molecule has 0 radical (unpaired) electrons. The first-order valence-electron chi connectivity index (χ1n) is 5.08. The molecule has 74 valence electrons. The van der Waals surface area contributed by atoms with Gasteiger partial charge in [0.15, 0.2) is 0 Å². The normalized spacial score (nSPS) is 12.0. The maximum Gasteiger partial charge on any atom is 0.0122 e. The summed E-state index contributed by atoms with van der Waals surface area (Å²) in [5.74, 6) is 0. The van der Waals surface area contributed by atoms with Crippen molar-refractivity contribution >= 4 is 0 Å². The van der Waals surface area contributed by atoms with E-state index in [2.05, 4.69) is 38.3 Å². The molecule has 0 spiro atoms. The van der Waals surface area contributed by atoms with Crippen LogP contribution in [0.3, 0.4) is 0 Å². The van der Waals surface area contributed by atoms with Crippen LogP contribution in [0, 0.1) is 0 Å². The average molecular weight is 172 g/mol. The molecule has 0 aromatic heterocycles. The maximum absolute atomic E-state index is 3.53. The van der Waals surface area contributed by atoms with Crippen molar-refractivity contribution in [1.29, 1.82) is 0 Å². The fourth-order valence-electron chi connectivity index (χ4n) is 0.942. The highest BCUT2D eigenvalue weighted by atomic mass is 15.0. The van der Waals surface area contributed by atoms with Crippen LogP contribution in [0.4, 0.5) is 0 Å². The third-order valence-electron chi connectivity index (χ3n) is 2.27. The molecule has 0 aliphatic rings. The van der Waals surface area contributed by atoms with Crippen LogP contribution in [0.1, 0.15) is 40.5 Å². The van der Waals surface area contributed by atoms with Gasteiger partial charge in [0, 0.05) is 5.54 Å². The first-order valence-corrected chi connectivity index (χ1v) is 5.08. The molecule has 2 nitrogen and oxygen atoms in total. The Balaban J connectivity index is 3.19. The van der Waals surface area contributed by atoms with Crippen LogP contribution < -0.4 is 10.6 Å². The minimum atomic E-state index is 0.312. The Morgan fingerprint density at radius 2 is 1.75 bits per heavy atom. The van der Waals surface area contributed by atoms with E-state index in [1.54, 1.807) is 0 Å². The van der Waals surface area contributed by atoms with Gasteiger partial charge in [-0.1, -0.05) is 13.8 Å². The summed E-state index contributed by atoms with van der Waals surface area (Å²) >= 11 is 0. The number of hydrogen-bond acceptors (Lipinski definition) is 2. The zero-order valence-corrected chi connectivity index (χ0v) is 9.04. The lowest BCUT2D eigenvalue weighted by Crippen LogP contribution is -2.39. The van der Waals surface area contributed by atoms with Crippen molar-refractivity contribution in [1.82, 2.24) is 10.6 Å². The second-order valence-electron chi connectivity index (χ2n) is 3.87. The largest absolute Gasteiger partial charge is 0.317 e. The second-order valence-corrected chi connectivity index (χ2v) is 3.87. The van der Waals surface area contributed by atoms with Gasteiger partial charge >= 0.3 is 0 Å². The lowest BCUT2D eigenvalue weighted by Gasteiger charge is -2.24. The quantitative estimate of drug-likeness (QED) is 0.572. The molecule has 0 heterocycles. The van der Waals surface area contributed by atoms with E-state index >= 15 is 0 Å². The predicted octanol–water partition coefficient (Wildman–Crippen LogP) is 1.76. The molecule has 0 atom stereocenters. The molecule has 0 aliphatic carbocycles. The highest BCUT2D eigenvalue weighted by Gasteiger charge is 2.11. The molecule has 0 unspecified atom stereocenters. The van der Waals surface area contributed by atoms with Gasteiger partial charge in [0.05, 0.1) is 0 Å². The number of nitrogens with one attached hydrogen (secondary N) is 2. The molecule has 12 heavy (non-hydrogen) atoms. The SMILES string of the molecule is CCNCCCNC(C)(C)CC.